The molecule has 19 heavy (non-hydrogen) atoms. The van der Waals surface area contributed by atoms with Crippen LogP contribution in [0.5, 0.6) is 0 Å². The normalized spacial score (nSPS) is 12.4. The topological polar surface area (TPSA) is 102 Å². The Morgan fingerprint density at radius 3 is 2.63 bits per heavy atom. The average molecular weight is 270 g/mol. The summed E-state index contributed by atoms with van der Waals surface area (Å²) in [5.74, 6) is 0.171. The van der Waals surface area contributed by atoms with Gasteiger partial charge >= 0.3 is 5.69 Å². The molecule has 1 aromatic heterocycles. The first kappa shape index (κ1) is 15.3. The molecule has 108 valence electrons. The van der Waals surface area contributed by atoms with Crippen molar-refractivity contribution >= 4 is 11.5 Å². The minimum absolute atomic E-state index is 0.0269. The fraction of sp³-hybridized carbons (Fsp3) is 0.667. The van der Waals surface area contributed by atoms with Crippen molar-refractivity contribution in [1.82, 2.24) is 9.55 Å². The summed E-state index contributed by atoms with van der Waals surface area (Å²) in [6, 6.07) is -0.0269. The van der Waals surface area contributed by atoms with Crippen molar-refractivity contribution in [3.63, 3.8) is 0 Å². The molecule has 7 nitrogen and oxygen atoms in total. The van der Waals surface area contributed by atoms with E-state index in [2.05, 4.69) is 10.3 Å². The van der Waals surface area contributed by atoms with Crippen molar-refractivity contribution in [3.8, 4) is 0 Å². The van der Waals surface area contributed by atoms with Gasteiger partial charge in [-0.3, -0.25) is 14.3 Å². The number of aromatic nitrogens is 2. The van der Waals surface area contributed by atoms with Crippen LogP contribution in [0.4, 0.5) is 11.5 Å². The first-order valence-corrected chi connectivity index (χ1v) is 6.43. The smallest absolute Gasteiger partial charge is 0.330 e. The van der Waals surface area contributed by atoms with Gasteiger partial charge in [0.15, 0.2) is 0 Å². The Hall–Kier alpha value is -1.76. The molecule has 0 aliphatic rings. The summed E-state index contributed by atoms with van der Waals surface area (Å²) in [5.41, 5.74) is 5.17. The Morgan fingerprint density at radius 2 is 2.11 bits per heavy atom. The van der Waals surface area contributed by atoms with Crippen LogP contribution in [0, 0.1) is 0 Å². The number of hydrogen-bond donors (Lipinski definition) is 3. The number of H-pyrrole nitrogens is 1. The zero-order valence-corrected chi connectivity index (χ0v) is 11.7. The van der Waals surface area contributed by atoms with Crippen LogP contribution in [0.3, 0.4) is 0 Å². The van der Waals surface area contributed by atoms with Gasteiger partial charge in [0.05, 0.1) is 6.61 Å². The van der Waals surface area contributed by atoms with Gasteiger partial charge in [0.2, 0.25) is 0 Å². The van der Waals surface area contributed by atoms with E-state index in [1.807, 2.05) is 13.8 Å². The van der Waals surface area contributed by atoms with Crippen LogP contribution in [0.1, 0.15) is 26.7 Å². The molecular weight excluding hydrogens is 248 g/mol. The summed E-state index contributed by atoms with van der Waals surface area (Å²) in [7, 11) is 1.59. The molecule has 0 bridgehead atoms. The summed E-state index contributed by atoms with van der Waals surface area (Å²) >= 11 is 0. The molecule has 1 atom stereocenters. The number of nitrogens with zero attached hydrogens (tertiary/aromatic N) is 1. The van der Waals surface area contributed by atoms with E-state index in [0.29, 0.717) is 13.2 Å². The van der Waals surface area contributed by atoms with Crippen LogP contribution in [-0.4, -0.2) is 29.3 Å². The van der Waals surface area contributed by atoms with E-state index in [9.17, 15) is 9.59 Å². The van der Waals surface area contributed by atoms with E-state index in [1.54, 1.807) is 7.11 Å². The van der Waals surface area contributed by atoms with Crippen molar-refractivity contribution in [3.05, 3.63) is 20.8 Å². The molecule has 1 aromatic rings. The summed E-state index contributed by atoms with van der Waals surface area (Å²) in [6.07, 6.45) is 1.53. The average Bonchev–Trinajstić information content (AvgIpc) is 2.38. The summed E-state index contributed by atoms with van der Waals surface area (Å²) in [4.78, 5) is 25.8. The molecule has 0 aromatic carbocycles. The Bertz CT molecular complexity index is 521. The van der Waals surface area contributed by atoms with Crippen LogP contribution >= 0.6 is 0 Å². The van der Waals surface area contributed by atoms with Crippen LogP contribution in [0.2, 0.25) is 0 Å². The van der Waals surface area contributed by atoms with Gasteiger partial charge in [-0.2, -0.15) is 0 Å². The Balaban J connectivity index is 3.16. The molecule has 0 spiro atoms. The number of rotatable bonds is 7. The van der Waals surface area contributed by atoms with Crippen molar-refractivity contribution in [2.24, 2.45) is 0 Å². The van der Waals surface area contributed by atoms with Gasteiger partial charge < -0.3 is 15.8 Å². The van der Waals surface area contributed by atoms with Gasteiger partial charge in [-0.25, -0.2) is 4.79 Å². The highest BCUT2D eigenvalue weighted by Crippen LogP contribution is 2.13. The lowest BCUT2D eigenvalue weighted by atomic mass is 10.2. The fourth-order valence-corrected chi connectivity index (χ4v) is 1.84. The van der Waals surface area contributed by atoms with Gasteiger partial charge in [0.1, 0.15) is 11.5 Å². The van der Waals surface area contributed by atoms with E-state index in [1.165, 1.54) is 4.57 Å². The molecule has 0 saturated heterocycles. The summed E-state index contributed by atoms with van der Waals surface area (Å²) in [5, 5.41) is 3.04. The highest BCUT2D eigenvalue weighted by Gasteiger charge is 2.15. The van der Waals surface area contributed by atoms with Crippen LogP contribution in [0.25, 0.3) is 0 Å². The maximum absolute atomic E-state index is 11.8. The predicted octanol–water partition coefficient (Wildman–Crippen LogP) is 0.366. The molecule has 0 aliphatic heterocycles. The first-order valence-electron chi connectivity index (χ1n) is 6.43. The third-order valence-electron chi connectivity index (χ3n) is 2.90. The molecule has 1 heterocycles. The second-order valence-electron chi connectivity index (χ2n) is 4.38. The third-order valence-corrected chi connectivity index (χ3v) is 2.90. The van der Waals surface area contributed by atoms with Crippen molar-refractivity contribution < 1.29 is 4.74 Å². The first-order chi connectivity index (χ1) is 9.04. The lowest BCUT2D eigenvalue weighted by molar-refractivity contribution is 0.184. The number of nitrogens with two attached hydrogens (primary N) is 1. The summed E-state index contributed by atoms with van der Waals surface area (Å²) < 4.78 is 6.43. The van der Waals surface area contributed by atoms with E-state index < -0.39 is 11.2 Å². The quantitative estimate of drug-likeness (QED) is 0.664. The zero-order valence-electron chi connectivity index (χ0n) is 11.7. The molecule has 0 saturated carbocycles. The van der Waals surface area contributed by atoms with E-state index in [-0.39, 0.29) is 17.5 Å². The van der Waals surface area contributed by atoms with Crippen molar-refractivity contribution in [2.75, 3.05) is 24.8 Å². The fourth-order valence-electron chi connectivity index (χ4n) is 1.84. The molecular formula is C12H22N4O3. The maximum Gasteiger partial charge on any atom is 0.330 e. The third kappa shape index (κ3) is 3.60. The second kappa shape index (κ2) is 6.98. The number of anilines is 2. The molecule has 0 aliphatic carbocycles. The number of methoxy groups -OCH3 is 1. The Kier molecular flexibility index (Phi) is 5.62. The standard InChI is InChI=1S/C12H22N4O3/c1-4-6-16-10(13)9(11(17)15-12(16)18)14-8(5-2)7-19-3/h8,14H,4-7,13H2,1-3H3,(H,15,17,18). The van der Waals surface area contributed by atoms with Crippen LogP contribution in [-0.2, 0) is 11.3 Å². The van der Waals surface area contributed by atoms with Crippen LogP contribution in [0.15, 0.2) is 9.59 Å². The Morgan fingerprint density at radius 1 is 1.42 bits per heavy atom. The van der Waals surface area contributed by atoms with Crippen molar-refractivity contribution in [1.29, 1.82) is 0 Å². The molecule has 4 N–H and O–H groups in total. The van der Waals surface area contributed by atoms with E-state index in [0.717, 1.165) is 12.8 Å². The van der Waals surface area contributed by atoms with Crippen molar-refractivity contribution in [2.45, 2.75) is 39.3 Å². The minimum atomic E-state index is -0.496. The highest BCUT2D eigenvalue weighted by molar-refractivity contribution is 5.60. The van der Waals surface area contributed by atoms with Crippen LogP contribution < -0.4 is 22.3 Å². The van der Waals surface area contributed by atoms with Gasteiger partial charge in [0, 0.05) is 19.7 Å². The van der Waals surface area contributed by atoms with Gasteiger partial charge in [-0.15, -0.1) is 0 Å². The monoisotopic (exact) mass is 270 g/mol. The number of nitrogen functional groups attached to an aromatic ring is 1. The Labute approximate surface area is 111 Å². The van der Waals surface area contributed by atoms with E-state index in [4.69, 9.17) is 10.5 Å². The molecule has 1 rings (SSSR count). The lowest BCUT2D eigenvalue weighted by Crippen LogP contribution is -2.36. The molecule has 0 fully saturated rings. The zero-order chi connectivity index (χ0) is 14.4. The molecule has 0 amide bonds. The van der Waals surface area contributed by atoms with Gasteiger partial charge in [-0.05, 0) is 12.8 Å². The van der Waals surface area contributed by atoms with Gasteiger partial charge in [0.25, 0.3) is 5.56 Å². The highest BCUT2D eigenvalue weighted by atomic mass is 16.5. The SMILES string of the molecule is CCCn1c(N)c(NC(CC)COC)c(=O)[nH]c1=O. The second-order valence-corrected chi connectivity index (χ2v) is 4.38. The number of aromatic amines is 1. The molecule has 1 unspecified atom stereocenters. The largest absolute Gasteiger partial charge is 0.383 e. The molecule has 7 heteroatoms. The molecule has 0 radical (unpaired) electrons. The maximum atomic E-state index is 11.8. The number of hydrogen-bond acceptors (Lipinski definition) is 5. The number of nitrogens with one attached hydrogen (secondary N) is 2. The van der Waals surface area contributed by atoms with E-state index >= 15 is 0 Å². The minimum Gasteiger partial charge on any atom is -0.383 e. The summed E-state index contributed by atoms with van der Waals surface area (Å²) in [6.45, 7) is 4.84. The number of ether oxygens (including phenoxy) is 1. The predicted molar refractivity (Wildman–Crippen MR) is 75.6 cm³/mol. The lowest BCUT2D eigenvalue weighted by Gasteiger charge is -2.19. The van der Waals surface area contributed by atoms with Gasteiger partial charge in [-0.1, -0.05) is 13.8 Å².